The summed E-state index contributed by atoms with van der Waals surface area (Å²) in [4.78, 5) is 30.3. The third-order valence-corrected chi connectivity index (χ3v) is 4.68. The Hall–Kier alpha value is -2.82. The number of carbonyl (C=O) groups excluding carboxylic acids is 2. The average Bonchev–Trinajstić information content (AvgIpc) is 2.70. The first-order valence-corrected chi connectivity index (χ1v) is 9.28. The highest BCUT2D eigenvalue weighted by molar-refractivity contribution is 5.95. The van der Waals surface area contributed by atoms with Crippen LogP contribution in [0.2, 0.25) is 0 Å². The maximum Gasteiger partial charge on any atom is 0.254 e. The lowest BCUT2D eigenvalue weighted by molar-refractivity contribution is 0.0751. The second-order valence-corrected chi connectivity index (χ2v) is 6.78. The molecule has 2 amide bonds. The van der Waals surface area contributed by atoms with Gasteiger partial charge in [0.2, 0.25) is 0 Å². The van der Waals surface area contributed by atoms with Crippen molar-refractivity contribution < 1.29 is 9.59 Å². The lowest BCUT2D eigenvalue weighted by Gasteiger charge is -2.22. The third kappa shape index (κ3) is 5.09. The molecule has 144 valence electrons. The van der Waals surface area contributed by atoms with Crippen molar-refractivity contribution in [2.45, 2.75) is 20.4 Å². The molecule has 0 aliphatic carbocycles. The zero-order valence-corrected chi connectivity index (χ0v) is 16.9. The Bertz CT molecular complexity index is 767. The van der Waals surface area contributed by atoms with Crippen molar-refractivity contribution in [2.75, 3.05) is 39.1 Å². The summed E-state index contributed by atoms with van der Waals surface area (Å²) < 4.78 is 0. The van der Waals surface area contributed by atoms with Gasteiger partial charge in [-0.1, -0.05) is 12.1 Å². The van der Waals surface area contributed by atoms with Gasteiger partial charge < -0.3 is 14.7 Å². The number of nitrogens with zero attached hydrogens (tertiary/aromatic N) is 3. The largest absolute Gasteiger partial charge is 0.375 e. The topological polar surface area (TPSA) is 43.9 Å². The van der Waals surface area contributed by atoms with Gasteiger partial charge in [-0.25, -0.2) is 0 Å². The molecule has 2 aromatic carbocycles. The zero-order valence-electron chi connectivity index (χ0n) is 16.9. The highest BCUT2D eigenvalue weighted by Crippen LogP contribution is 2.16. The minimum atomic E-state index is -0.0258. The monoisotopic (exact) mass is 367 g/mol. The fraction of sp³-hybridized carbons (Fsp3) is 0.364. The fourth-order valence-electron chi connectivity index (χ4n) is 2.78. The fourth-order valence-corrected chi connectivity index (χ4v) is 2.78. The van der Waals surface area contributed by atoms with E-state index in [4.69, 9.17) is 0 Å². The molecule has 0 atom stereocenters. The van der Waals surface area contributed by atoms with Crippen molar-refractivity contribution in [3.05, 3.63) is 65.2 Å². The first kappa shape index (κ1) is 20.5. The predicted molar refractivity (Wildman–Crippen MR) is 110 cm³/mol. The van der Waals surface area contributed by atoms with Crippen LogP contribution in [0.1, 0.15) is 40.1 Å². The first-order valence-electron chi connectivity index (χ1n) is 9.28. The van der Waals surface area contributed by atoms with Gasteiger partial charge in [0.1, 0.15) is 0 Å². The molecule has 0 aliphatic heterocycles. The van der Waals surface area contributed by atoms with E-state index in [1.54, 1.807) is 23.9 Å². The van der Waals surface area contributed by atoms with Gasteiger partial charge in [0.05, 0.1) is 0 Å². The van der Waals surface area contributed by atoms with Crippen LogP contribution in [-0.4, -0.2) is 55.8 Å². The quantitative estimate of drug-likeness (QED) is 0.752. The number of benzene rings is 2. The molecular weight excluding hydrogens is 338 g/mol. The van der Waals surface area contributed by atoms with E-state index in [0.29, 0.717) is 24.2 Å². The highest BCUT2D eigenvalue weighted by Gasteiger charge is 2.15. The Balaban J connectivity index is 2.10. The van der Waals surface area contributed by atoms with Crippen molar-refractivity contribution in [3.8, 4) is 0 Å². The first-order chi connectivity index (χ1) is 12.9. The van der Waals surface area contributed by atoms with Crippen LogP contribution >= 0.6 is 0 Å². The number of amides is 2. The van der Waals surface area contributed by atoms with E-state index < -0.39 is 0 Å². The van der Waals surface area contributed by atoms with Crippen LogP contribution in [0.3, 0.4) is 0 Å². The molecule has 0 fully saturated rings. The molecule has 0 N–H and O–H groups in total. The van der Waals surface area contributed by atoms with E-state index in [1.807, 2.05) is 62.5 Å². The van der Waals surface area contributed by atoms with E-state index in [1.165, 1.54) is 0 Å². The van der Waals surface area contributed by atoms with E-state index in [2.05, 4.69) is 11.8 Å². The Morgan fingerprint density at radius 2 is 1.26 bits per heavy atom. The number of hydrogen-bond donors (Lipinski definition) is 0. The molecule has 0 radical (unpaired) electrons. The van der Waals surface area contributed by atoms with Crippen molar-refractivity contribution in [2.24, 2.45) is 0 Å². The molecule has 0 spiro atoms. The second-order valence-electron chi connectivity index (χ2n) is 6.78. The minimum Gasteiger partial charge on any atom is -0.375 e. The molecule has 0 saturated heterocycles. The summed E-state index contributed by atoms with van der Waals surface area (Å²) in [6, 6.07) is 15.2. The van der Waals surface area contributed by atoms with Crippen LogP contribution in [0.15, 0.2) is 48.5 Å². The van der Waals surface area contributed by atoms with Crippen molar-refractivity contribution in [1.29, 1.82) is 0 Å². The molecule has 0 saturated carbocycles. The molecule has 27 heavy (non-hydrogen) atoms. The number of anilines is 1. The van der Waals surface area contributed by atoms with E-state index in [9.17, 15) is 9.59 Å². The van der Waals surface area contributed by atoms with Gasteiger partial charge in [-0.15, -0.1) is 0 Å². The van der Waals surface area contributed by atoms with Gasteiger partial charge in [-0.2, -0.15) is 0 Å². The second kappa shape index (κ2) is 9.21. The smallest absolute Gasteiger partial charge is 0.254 e. The van der Waals surface area contributed by atoms with E-state index in [0.717, 1.165) is 17.8 Å². The lowest BCUT2D eigenvalue weighted by atomic mass is 10.1. The van der Waals surface area contributed by atoms with Crippen molar-refractivity contribution >= 4 is 17.5 Å². The van der Waals surface area contributed by atoms with Crippen molar-refractivity contribution in [3.63, 3.8) is 0 Å². The number of rotatable bonds is 7. The summed E-state index contributed by atoms with van der Waals surface area (Å²) >= 11 is 0. The van der Waals surface area contributed by atoms with Crippen LogP contribution < -0.4 is 4.90 Å². The summed E-state index contributed by atoms with van der Waals surface area (Å²) in [5, 5.41) is 0. The predicted octanol–water partition coefficient (Wildman–Crippen LogP) is 3.51. The minimum absolute atomic E-state index is 0.0108. The van der Waals surface area contributed by atoms with Gasteiger partial charge in [-0.05, 0) is 55.8 Å². The molecule has 0 aliphatic rings. The molecule has 0 bridgehead atoms. The maximum atomic E-state index is 12.8. The van der Waals surface area contributed by atoms with Crippen LogP contribution in [0.25, 0.3) is 0 Å². The summed E-state index contributed by atoms with van der Waals surface area (Å²) in [6.45, 7) is 6.12. The summed E-state index contributed by atoms with van der Waals surface area (Å²) in [7, 11) is 5.49. The molecule has 0 unspecified atom stereocenters. The molecule has 2 aromatic rings. The normalized spacial score (nSPS) is 10.4. The third-order valence-electron chi connectivity index (χ3n) is 4.68. The van der Waals surface area contributed by atoms with E-state index in [-0.39, 0.29) is 11.8 Å². The highest BCUT2D eigenvalue weighted by atomic mass is 16.2. The molecule has 0 aromatic heterocycles. The number of hydrogen-bond acceptors (Lipinski definition) is 3. The van der Waals surface area contributed by atoms with E-state index >= 15 is 0 Å². The Morgan fingerprint density at radius 1 is 0.741 bits per heavy atom. The molecule has 5 nitrogen and oxygen atoms in total. The van der Waals surface area contributed by atoms with Gasteiger partial charge in [0, 0.05) is 57.6 Å². The summed E-state index contributed by atoms with van der Waals surface area (Å²) in [5.41, 5.74) is 3.43. The molecule has 2 rings (SSSR count). The van der Waals surface area contributed by atoms with Gasteiger partial charge in [0.25, 0.3) is 11.8 Å². The molecule has 0 heterocycles. The maximum absolute atomic E-state index is 12.8. The average molecular weight is 367 g/mol. The van der Waals surface area contributed by atoms with Gasteiger partial charge >= 0.3 is 0 Å². The Kier molecular flexibility index (Phi) is 6.99. The van der Waals surface area contributed by atoms with Crippen LogP contribution in [-0.2, 0) is 6.54 Å². The Morgan fingerprint density at radius 3 is 1.74 bits per heavy atom. The van der Waals surface area contributed by atoms with Gasteiger partial charge in [0.15, 0.2) is 0 Å². The summed E-state index contributed by atoms with van der Waals surface area (Å²) in [6.07, 6.45) is 0. The van der Waals surface area contributed by atoms with Crippen molar-refractivity contribution in [1.82, 2.24) is 9.80 Å². The van der Waals surface area contributed by atoms with Crippen LogP contribution in [0, 0.1) is 0 Å². The molecular formula is C22H29N3O2. The summed E-state index contributed by atoms with van der Waals surface area (Å²) in [5.74, 6) is -0.0150. The Labute approximate surface area is 162 Å². The molecule has 5 heteroatoms. The SMILES string of the molecule is CCN(Cc1ccc(C(=O)N(C)C)cc1)C(=O)c1ccc(N(C)CC)cc1. The van der Waals surface area contributed by atoms with Crippen LogP contribution in [0.4, 0.5) is 5.69 Å². The zero-order chi connectivity index (χ0) is 20.0. The lowest BCUT2D eigenvalue weighted by Crippen LogP contribution is -2.30. The van der Waals surface area contributed by atoms with Gasteiger partial charge in [-0.3, -0.25) is 9.59 Å². The standard InChI is InChI=1S/C22H29N3O2/c1-6-24(5)20-14-12-19(13-15-20)22(27)25(7-2)16-17-8-10-18(11-9-17)21(26)23(3)4/h8-15H,6-7,16H2,1-5H3. The number of carbonyl (C=O) groups is 2. The van der Waals surface area contributed by atoms with Crippen LogP contribution in [0.5, 0.6) is 0 Å².